The minimum Gasteiger partial charge on any atom is -0.405 e. The largest absolute Gasteiger partial charge is 0.573 e. The first-order chi connectivity index (χ1) is 16.4. The van der Waals surface area contributed by atoms with Crippen LogP contribution in [0.1, 0.15) is 23.2 Å². The molecule has 2 aromatic carbocycles. The van der Waals surface area contributed by atoms with Crippen molar-refractivity contribution in [3.05, 3.63) is 71.6 Å². The Morgan fingerprint density at radius 2 is 1.94 bits per heavy atom. The van der Waals surface area contributed by atoms with E-state index in [9.17, 15) is 27.5 Å². The molecule has 4 aromatic rings. The first kappa shape index (κ1) is 24.0. The highest BCUT2D eigenvalue weighted by Gasteiger charge is 2.33. The van der Waals surface area contributed by atoms with Crippen LogP contribution in [0.15, 0.2) is 48.7 Å². The molecule has 0 unspecified atom stereocenters. The molecule has 0 saturated carbocycles. The summed E-state index contributed by atoms with van der Waals surface area (Å²) < 4.78 is 59.0. The first-order valence-electron chi connectivity index (χ1n) is 10.2. The van der Waals surface area contributed by atoms with E-state index >= 15 is 0 Å². The van der Waals surface area contributed by atoms with E-state index in [1.54, 1.807) is 18.2 Å². The van der Waals surface area contributed by atoms with Crippen LogP contribution >= 0.6 is 0 Å². The van der Waals surface area contributed by atoms with Crippen molar-refractivity contribution in [2.75, 3.05) is 11.1 Å². The monoisotopic (exact) mass is 489 g/mol. The summed E-state index contributed by atoms with van der Waals surface area (Å²) in [6, 6.07) is 8.28. The Labute approximate surface area is 196 Å². The molecule has 1 amide bonds. The van der Waals surface area contributed by atoms with Gasteiger partial charge in [0.2, 0.25) is 0 Å². The number of rotatable bonds is 5. The predicted molar refractivity (Wildman–Crippen MR) is 119 cm³/mol. The molecule has 0 spiro atoms. The molecule has 4 N–H and O–H groups in total. The SMILES string of the molecule is Cc1cnc(N)c2c(-c3ccc(NC(=O)[C@@H](O)c4cccc(F)c4)cc3OC(F)(F)F)nc(C)n12. The Morgan fingerprint density at radius 1 is 1.20 bits per heavy atom. The fraction of sp³-hybridized carbons (Fsp3) is 0.174. The highest BCUT2D eigenvalue weighted by molar-refractivity contribution is 5.96. The molecule has 0 aliphatic heterocycles. The molecule has 0 fully saturated rings. The van der Waals surface area contributed by atoms with Gasteiger partial charge in [-0.2, -0.15) is 0 Å². The van der Waals surface area contributed by atoms with Crippen LogP contribution in [0.5, 0.6) is 5.75 Å². The fourth-order valence-electron chi connectivity index (χ4n) is 3.71. The number of fused-ring (bicyclic) bond motifs is 1. The van der Waals surface area contributed by atoms with E-state index in [-0.39, 0.29) is 28.3 Å². The number of nitrogen functional groups attached to an aromatic ring is 1. The number of aromatic nitrogens is 3. The number of amides is 1. The number of anilines is 2. The van der Waals surface area contributed by atoms with Gasteiger partial charge in [0.05, 0.1) is 0 Å². The summed E-state index contributed by atoms with van der Waals surface area (Å²) in [7, 11) is 0. The van der Waals surface area contributed by atoms with Gasteiger partial charge >= 0.3 is 6.36 Å². The van der Waals surface area contributed by atoms with E-state index in [1.165, 1.54) is 30.5 Å². The Balaban J connectivity index is 1.75. The molecule has 0 aliphatic carbocycles. The number of imidazole rings is 1. The van der Waals surface area contributed by atoms with Crippen LogP contribution in [0.25, 0.3) is 16.8 Å². The number of nitrogens with one attached hydrogen (secondary N) is 1. The van der Waals surface area contributed by atoms with Crippen LogP contribution in [0.2, 0.25) is 0 Å². The number of nitrogens with two attached hydrogens (primary N) is 1. The summed E-state index contributed by atoms with van der Waals surface area (Å²) in [5.74, 6) is -1.77. The van der Waals surface area contributed by atoms with E-state index in [1.807, 2.05) is 0 Å². The van der Waals surface area contributed by atoms with Crippen LogP contribution in [-0.2, 0) is 4.79 Å². The number of carbonyl (C=O) groups is 1. The number of halogens is 4. The second-order valence-electron chi connectivity index (χ2n) is 7.68. The lowest BCUT2D eigenvalue weighted by Gasteiger charge is -2.16. The Morgan fingerprint density at radius 3 is 2.63 bits per heavy atom. The van der Waals surface area contributed by atoms with Gasteiger partial charge in [0, 0.05) is 29.2 Å². The molecule has 2 heterocycles. The minimum atomic E-state index is -5.05. The molecule has 2 aromatic heterocycles. The third-order valence-corrected chi connectivity index (χ3v) is 5.17. The number of benzene rings is 2. The van der Waals surface area contributed by atoms with E-state index < -0.39 is 29.9 Å². The summed E-state index contributed by atoms with van der Waals surface area (Å²) in [4.78, 5) is 20.9. The normalized spacial score (nSPS) is 12.5. The zero-order valence-corrected chi connectivity index (χ0v) is 18.4. The Bertz CT molecular complexity index is 1430. The second kappa shape index (κ2) is 8.87. The number of hydrogen-bond donors (Lipinski definition) is 3. The summed E-state index contributed by atoms with van der Waals surface area (Å²) >= 11 is 0. The van der Waals surface area contributed by atoms with Crippen LogP contribution in [-0.4, -0.2) is 31.7 Å². The number of aryl methyl sites for hydroxylation is 2. The maximum Gasteiger partial charge on any atom is 0.573 e. The molecule has 4 rings (SSSR count). The molecular weight excluding hydrogens is 470 g/mol. The molecule has 0 radical (unpaired) electrons. The molecule has 35 heavy (non-hydrogen) atoms. The summed E-state index contributed by atoms with van der Waals surface area (Å²) in [6.45, 7) is 3.41. The first-order valence-corrected chi connectivity index (χ1v) is 10.2. The van der Waals surface area contributed by atoms with Crippen molar-refractivity contribution >= 4 is 22.9 Å². The van der Waals surface area contributed by atoms with Gasteiger partial charge in [0.25, 0.3) is 5.91 Å². The molecule has 0 aliphatic rings. The standard InChI is InChI=1S/C23H19F4N5O3/c1-11-10-29-21(28)19-18(30-12(2)32(11)19)16-7-6-15(9-17(16)35-23(25,26)27)31-22(34)20(33)13-4-3-5-14(24)8-13/h3-10,20,33H,1-2H3,(H2,28,29)(H,31,34)/t20-/m0/s1. The van der Waals surface area contributed by atoms with Gasteiger partial charge in [-0.3, -0.25) is 9.20 Å². The Hall–Kier alpha value is -4.19. The van der Waals surface area contributed by atoms with Crippen molar-refractivity contribution in [3.8, 4) is 17.0 Å². The van der Waals surface area contributed by atoms with Crippen molar-refractivity contribution < 1.29 is 32.2 Å². The number of carbonyl (C=O) groups excluding carboxylic acids is 1. The number of nitrogens with zero attached hydrogens (tertiary/aromatic N) is 3. The summed E-state index contributed by atoms with van der Waals surface area (Å²) in [5, 5.41) is 12.5. The van der Waals surface area contributed by atoms with Crippen molar-refractivity contribution in [2.45, 2.75) is 26.3 Å². The summed E-state index contributed by atoms with van der Waals surface area (Å²) in [5.41, 5.74) is 6.90. The van der Waals surface area contributed by atoms with Gasteiger partial charge in [0.15, 0.2) is 6.10 Å². The lowest BCUT2D eigenvalue weighted by atomic mass is 10.1. The maximum atomic E-state index is 13.4. The lowest BCUT2D eigenvalue weighted by molar-refractivity contribution is -0.274. The average molecular weight is 489 g/mol. The molecular formula is C23H19F4N5O3. The van der Waals surface area contributed by atoms with Gasteiger partial charge < -0.3 is 20.9 Å². The minimum absolute atomic E-state index is 0.0239. The van der Waals surface area contributed by atoms with Gasteiger partial charge in [-0.1, -0.05) is 12.1 Å². The predicted octanol–water partition coefficient (Wildman–Crippen LogP) is 4.31. The topological polar surface area (TPSA) is 115 Å². The highest BCUT2D eigenvalue weighted by atomic mass is 19.4. The van der Waals surface area contributed by atoms with Crippen LogP contribution in [0.4, 0.5) is 29.1 Å². The third-order valence-electron chi connectivity index (χ3n) is 5.17. The molecule has 8 nitrogen and oxygen atoms in total. The Kier molecular flexibility index (Phi) is 6.07. The van der Waals surface area contributed by atoms with Crippen LogP contribution < -0.4 is 15.8 Å². The fourth-order valence-corrected chi connectivity index (χ4v) is 3.71. The number of alkyl halides is 3. The van der Waals surface area contributed by atoms with Crippen molar-refractivity contribution in [2.24, 2.45) is 0 Å². The average Bonchev–Trinajstić information content (AvgIpc) is 3.13. The quantitative estimate of drug-likeness (QED) is 0.360. The molecule has 1 atom stereocenters. The van der Waals surface area contributed by atoms with Crippen molar-refractivity contribution in [1.29, 1.82) is 0 Å². The van der Waals surface area contributed by atoms with Crippen molar-refractivity contribution in [3.63, 3.8) is 0 Å². The number of aliphatic hydroxyl groups is 1. The highest BCUT2D eigenvalue weighted by Crippen LogP contribution is 2.39. The summed E-state index contributed by atoms with van der Waals surface area (Å²) in [6.07, 6.45) is -5.30. The lowest BCUT2D eigenvalue weighted by Crippen LogP contribution is -2.21. The zero-order chi connectivity index (χ0) is 25.5. The van der Waals surface area contributed by atoms with Gasteiger partial charge in [-0.05, 0) is 43.7 Å². The molecule has 0 saturated heterocycles. The van der Waals surface area contributed by atoms with Crippen LogP contribution in [0.3, 0.4) is 0 Å². The van der Waals surface area contributed by atoms with Gasteiger partial charge in [0.1, 0.15) is 34.4 Å². The van der Waals surface area contributed by atoms with Gasteiger partial charge in [-0.15, -0.1) is 13.2 Å². The number of ether oxygens (including phenoxy) is 1. The van der Waals surface area contributed by atoms with E-state index in [4.69, 9.17) is 5.73 Å². The molecule has 182 valence electrons. The van der Waals surface area contributed by atoms with Crippen molar-refractivity contribution in [1.82, 2.24) is 14.4 Å². The maximum absolute atomic E-state index is 13.4. The molecule has 12 heteroatoms. The third kappa shape index (κ3) is 4.87. The van der Waals surface area contributed by atoms with E-state index in [0.29, 0.717) is 17.0 Å². The molecule has 0 bridgehead atoms. The number of hydrogen-bond acceptors (Lipinski definition) is 6. The van der Waals surface area contributed by atoms with E-state index in [2.05, 4.69) is 20.0 Å². The second-order valence-corrected chi connectivity index (χ2v) is 7.68. The number of aliphatic hydroxyl groups excluding tert-OH is 1. The van der Waals surface area contributed by atoms with Gasteiger partial charge in [-0.25, -0.2) is 14.4 Å². The van der Waals surface area contributed by atoms with E-state index in [0.717, 1.165) is 18.2 Å². The van der Waals surface area contributed by atoms with Crippen LogP contribution in [0, 0.1) is 19.7 Å². The smallest absolute Gasteiger partial charge is 0.405 e. The zero-order valence-electron chi connectivity index (χ0n) is 18.4.